The zero-order chi connectivity index (χ0) is 24.7. The van der Waals surface area contributed by atoms with Crippen molar-refractivity contribution in [3.63, 3.8) is 0 Å². The minimum Gasteiger partial charge on any atom is -0.437 e. The molecule has 0 fully saturated rings. The van der Waals surface area contributed by atoms with Crippen molar-refractivity contribution in [1.29, 1.82) is 0 Å². The Morgan fingerprint density at radius 2 is 1.12 bits per heavy atom. The van der Waals surface area contributed by atoms with E-state index in [0.717, 1.165) is 24.9 Å². The molecule has 186 valence electrons. The summed E-state index contributed by atoms with van der Waals surface area (Å²) in [6.45, 7) is 22.1. The summed E-state index contributed by atoms with van der Waals surface area (Å²) >= 11 is 0. The molecule has 2 atom stereocenters. The van der Waals surface area contributed by atoms with Gasteiger partial charge in [-0.25, -0.2) is 0 Å². The highest BCUT2D eigenvalue weighted by atomic mass is 28.5. The first-order valence-electron chi connectivity index (χ1n) is 11.9. The molecular weight excluding hydrogens is 485 g/mol. The highest BCUT2D eigenvalue weighted by molar-refractivity contribution is 6.90. The number of aryl methyl sites for hydroxylation is 1. The van der Waals surface area contributed by atoms with Crippen LogP contribution in [0.1, 0.15) is 18.4 Å². The van der Waals surface area contributed by atoms with Gasteiger partial charge in [-0.1, -0.05) is 30.3 Å². The molecule has 0 aliphatic carbocycles. The third kappa shape index (κ3) is 13.1. The highest BCUT2D eigenvalue weighted by Crippen LogP contribution is 2.32. The second kappa shape index (κ2) is 12.2. The Labute approximate surface area is 202 Å². The second-order valence-electron chi connectivity index (χ2n) is 11.5. The fourth-order valence-corrected chi connectivity index (χ4v) is 28.1. The molecule has 0 spiro atoms. The molecule has 10 heteroatoms. The van der Waals surface area contributed by atoms with Gasteiger partial charge in [-0.3, -0.25) is 0 Å². The third-order valence-corrected chi connectivity index (χ3v) is 23.0. The molecule has 2 unspecified atom stereocenters. The van der Waals surface area contributed by atoms with Gasteiger partial charge in [0, 0.05) is 6.61 Å². The number of rotatable bonds is 15. The van der Waals surface area contributed by atoms with E-state index in [1.54, 1.807) is 0 Å². The molecule has 0 saturated heterocycles. The van der Waals surface area contributed by atoms with Crippen LogP contribution in [-0.4, -0.2) is 54.0 Å². The number of benzene rings is 1. The molecule has 1 rings (SSSR count). The molecule has 0 aliphatic heterocycles. The summed E-state index contributed by atoms with van der Waals surface area (Å²) in [6, 6.07) is 12.3. The summed E-state index contributed by atoms with van der Waals surface area (Å²) in [7, 11) is -11.0. The van der Waals surface area contributed by atoms with Crippen LogP contribution in [0.15, 0.2) is 30.3 Å². The number of hydrogen-bond donors (Lipinski definition) is 1. The third-order valence-electron chi connectivity index (χ3n) is 4.70. The first-order valence-corrected chi connectivity index (χ1v) is 26.6. The van der Waals surface area contributed by atoms with Gasteiger partial charge < -0.3 is 21.6 Å². The van der Waals surface area contributed by atoms with Gasteiger partial charge in [-0.15, -0.1) is 0 Å². The highest BCUT2D eigenvalue weighted by Gasteiger charge is 2.48. The molecule has 1 N–H and O–H groups in total. The van der Waals surface area contributed by atoms with Crippen LogP contribution in [0.5, 0.6) is 0 Å². The summed E-state index contributed by atoms with van der Waals surface area (Å²) in [5.74, 6) is 0. The van der Waals surface area contributed by atoms with E-state index in [9.17, 15) is 5.11 Å². The van der Waals surface area contributed by atoms with Crippen LogP contribution in [-0.2, 0) is 22.9 Å². The van der Waals surface area contributed by atoms with Crippen LogP contribution in [0, 0.1) is 0 Å². The predicted octanol–water partition coefficient (Wildman–Crippen LogP) is 6.58. The van der Waals surface area contributed by atoms with Crippen LogP contribution < -0.4 is 0 Å². The Bertz CT molecular complexity index is 678. The topological polar surface area (TPSA) is 57.2 Å². The maximum absolute atomic E-state index is 9.50. The van der Waals surface area contributed by atoms with E-state index in [1.165, 1.54) is 5.56 Å². The largest absolute Gasteiger partial charge is 0.437 e. The number of hydrogen-bond acceptors (Lipinski definition) is 5. The fourth-order valence-electron chi connectivity index (χ4n) is 4.29. The minimum absolute atomic E-state index is 0.160. The van der Waals surface area contributed by atoms with Crippen LogP contribution in [0.4, 0.5) is 0 Å². The van der Waals surface area contributed by atoms with Crippen LogP contribution in [0.25, 0.3) is 0 Å². The number of aliphatic hydroxyl groups is 1. The van der Waals surface area contributed by atoms with Crippen molar-refractivity contribution in [2.45, 2.75) is 96.8 Å². The van der Waals surface area contributed by atoms with Crippen molar-refractivity contribution >= 4 is 42.3 Å². The molecule has 0 bridgehead atoms. The molecule has 0 aromatic heterocycles. The van der Waals surface area contributed by atoms with Gasteiger partial charge in [0.25, 0.3) is 0 Å². The van der Waals surface area contributed by atoms with Gasteiger partial charge in [-0.2, -0.15) is 0 Å². The summed E-state index contributed by atoms with van der Waals surface area (Å²) in [4.78, 5) is 0. The van der Waals surface area contributed by atoms with Crippen molar-refractivity contribution in [3.05, 3.63) is 35.9 Å². The van der Waals surface area contributed by atoms with E-state index < -0.39 is 42.3 Å². The number of aliphatic hydroxyl groups excluding tert-OH is 1. The molecule has 5 nitrogen and oxygen atoms in total. The molecular formula is C22H48O5Si5. The Morgan fingerprint density at radius 1 is 0.625 bits per heavy atom. The van der Waals surface area contributed by atoms with Gasteiger partial charge in [0.1, 0.15) is 0 Å². The Morgan fingerprint density at radius 3 is 1.62 bits per heavy atom. The maximum Gasteiger partial charge on any atom is 0.317 e. The van der Waals surface area contributed by atoms with Crippen LogP contribution in [0.2, 0.25) is 77.6 Å². The van der Waals surface area contributed by atoms with E-state index in [-0.39, 0.29) is 6.61 Å². The fraction of sp³-hybridized carbons (Fsp3) is 0.727. The van der Waals surface area contributed by atoms with E-state index in [0.29, 0.717) is 6.42 Å². The lowest BCUT2D eigenvalue weighted by Crippen LogP contribution is -2.60. The first-order chi connectivity index (χ1) is 14.5. The molecule has 0 amide bonds. The lowest BCUT2D eigenvalue weighted by atomic mass is 10.1. The smallest absolute Gasteiger partial charge is 0.317 e. The quantitative estimate of drug-likeness (QED) is 0.258. The zero-order valence-electron chi connectivity index (χ0n) is 22.2. The minimum atomic E-state index is -2.59. The van der Waals surface area contributed by atoms with Crippen LogP contribution in [0.3, 0.4) is 0 Å². The van der Waals surface area contributed by atoms with Crippen LogP contribution >= 0.6 is 0 Å². The van der Waals surface area contributed by atoms with Crippen molar-refractivity contribution in [2.24, 2.45) is 0 Å². The van der Waals surface area contributed by atoms with Gasteiger partial charge in [0.2, 0.25) is 0 Å². The Balaban J connectivity index is 3.11. The van der Waals surface area contributed by atoms with Crippen molar-refractivity contribution in [3.8, 4) is 0 Å². The molecule has 0 heterocycles. The normalized spacial score (nSPS) is 17.1. The SMILES string of the molecule is C[Si](C)(C)O[Si](C)(C)O[Si](C)(CCCc1ccccc1)O[Si](C)(CCCO)O[Si](C)(C)C. The van der Waals surface area contributed by atoms with E-state index in [4.69, 9.17) is 16.5 Å². The zero-order valence-corrected chi connectivity index (χ0v) is 27.2. The molecule has 1 aromatic carbocycles. The predicted molar refractivity (Wildman–Crippen MR) is 148 cm³/mol. The van der Waals surface area contributed by atoms with E-state index >= 15 is 0 Å². The standard InChI is InChI=1S/C22H48O5Si5/c1-28(2,3)24-30(7,8)26-32(10,20-14-18-22-16-12-11-13-17-22)27-31(9,21-15-19-23)25-29(4,5)6/h11-13,16-17,23H,14-15,18-21H2,1-10H3. The van der Waals surface area contributed by atoms with Gasteiger partial charge >= 0.3 is 25.7 Å². The molecule has 0 radical (unpaired) electrons. The van der Waals surface area contributed by atoms with E-state index in [2.05, 4.69) is 95.8 Å². The summed E-state index contributed by atoms with van der Waals surface area (Å²) in [5.41, 5.74) is 1.34. The first kappa shape index (κ1) is 30.1. The van der Waals surface area contributed by atoms with Gasteiger partial charge in [0.05, 0.1) is 0 Å². The van der Waals surface area contributed by atoms with Gasteiger partial charge in [-0.05, 0) is 102 Å². The Hall–Kier alpha value is 0.104. The molecule has 0 saturated carbocycles. The van der Waals surface area contributed by atoms with Crippen molar-refractivity contribution < 1.29 is 21.6 Å². The molecule has 1 aromatic rings. The van der Waals surface area contributed by atoms with Crippen molar-refractivity contribution in [1.82, 2.24) is 0 Å². The maximum atomic E-state index is 9.50. The lowest BCUT2D eigenvalue weighted by Gasteiger charge is -2.44. The lowest BCUT2D eigenvalue weighted by molar-refractivity contribution is 0.270. The van der Waals surface area contributed by atoms with Gasteiger partial charge in [0.15, 0.2) is 16.6 Å². The van der Waals surface area contributed by atoms with E-state index in [1.807, 2.05) is 0 Å². The average molecular weight is 533 g/mol. The Kier molecular flexibility index (Phi) is 11.5. The summed E-state index contributed by atoms with van der Waals surface area (Å²) < 4.78 is 27.1. The molecule has 32 heavy (non-hydrogen) atoms. The average Bonchev–Trinajstić information content (AvgIpc) is 2.56. The summed E-state index contributed by atoms with van der Waals surface area (Å²) in [5, 5.41) is 9.50. The second-order valence-corrected chi connectivity index (χ2v) is 31.5. The monoisotopic (exact) mass is 532 g/mol. The molecule has 0 aliphatic rings. The summed E-state index contributed by atoms with van der Waals surface area (Å²) in [6.07, 6.45) is 2.73. The van der Waals surface area contributed by atoms with Crippen molar-refractivity contribution in [2.75, 3.05) is 6.61 Å².